The van der Waals surface area contributed by atoms with Gasteiger partial charge in [-0.1, -0.05) is 13.0 Å². The van der Waals surface area contributed by atoms with E-state index in [1.165, 1.54) is 7.11 Å². The Morgan fingerprint density at radius 3 is 2.59 bits per heavy atom. The SMILES string of the molecule is CC[C@H](C)NC(=O)COC(=O)COc1ccc(C)cc1OC. The van der Waals surface area contributed by atoms with Crippen molar-refractivity contribution in [2.75, 3.05) is 20.3 Å². The molecule has 0 fully saturated rings. The number of benzene rings is 1. The van der Waals surface area contributed by atoms with E-state index in [4.69, 9.17) is 14.2 Å². The van der Waals surface area contributed by atoms with Gasteiger partial charge in [0.25, 0.3) is 5.91 Å². The van der Waals surface area contributed by atoms with Crippen molar-refractivity contribution in [3.05, 3.63) is 23.8 Å². The quantitative estimate of drug-likeness (QED) is 0.742. The maximum atomic E-state index is 11.6. The predicted octanol–water partition coefficient (Wildman–Crippen LogP) is 1.84. The number of carbonyl (C=O) groups is 2. The summed E-state index contributed by atoms with van der Waals surface area (Å²) in [6, 6.07) is 5.43. The zero-order chi connectivity index (χ0) is 16.5. The maximum Gasteiger partial charge on any atom is 0.344 e. The van der Waals surface area contributed by atoms with Crippen LogP contribution in [0.15, 0.2) is 18.2 Å². The lowest BCUT2D eigenvalue weighted by Crippen LogP contribution is -2.35. The van der Waals surface area contributed by atoms with E-state index in [-0.39, 0.29) is 25.2 Å². The predicted molar refractivity (Wildman–Crippen MR) is 82.1 cm³/mol. The van der Waals surface area contributed by atoms with E-state index in [0.717, 1.165) is 12.0 Å². The van der Waals surface area contributed by atoms with Gasteiger partial charge in [-0.25, -0.2) is 4.79 Å². The van der Waals surface area contributed by atoms with Gasteiger partial charge in [-0.15, -0.1) is 0 Å². The van der Waals surface area contributed by atoms with Crippen molar-refractivity contribution in [3.63, 3.8) is 0 Å². The minimum atomic E-state index is -0.609. The van der Waals surface area contributed by atoms with E-state index in [0.29, 0.717) is 11.5 Å². The average molecular weight is 309 g/mol. The van der Waals surface area contributed by atoms with E-state index >= 15 is 0 Å². The summed E-state index contributed by atoms with van der Waals surface area (Å²) < 4.78 is 15.4. The Balaban J connectivity index is 2.39. The molecule has 1 aromatic carbocycles. The summed E-state index contributed by atoms with van der Waals surface area (Å²) >= 11 is 0. The lowest BCUT2D eigenvalue weighted by Gasteiger charge is -2.12. The molecular formula is C16H23NO5. The minimum Gasteiger partial charge on any atom is -0.493 e. The Hall–Kier alpha value is -2.24. The molecule has 6 heteroatoms. The number of ether oxygens (including phenoxy) is 3. The average Bonchev–Trinajstić information content (AvgIpc) is 2.51. The van der Waals surface area contributed by atoms with Gasteiger partial charge in [0.2, 0.25) is 0 Å². The molecule has 0 saturated carbocycles. The zero-order valence-corrected chi connectivity index (χ0v) is 13.5. The van der Waals surface area contributed by atoms with Crippen molar-refractivity contribution in [2.24, 2.45) is 0 Å². The van der Waals surface area contributed by atoms with Crippen molar-refractivity contribution in [2.45, 2.75) is 33.2 Å². The van der Waals surface area contributed by atoms with Crippen LogP contribution in [0.2, 0.25) is 0 Å². The van der Waals surface area contributed by atoms with Gasteiger partial charge in [0.1, 0.15) is 0 Å². The highest BCUT2D eigenvalue weighted by atomic mass is 16.6. The third-order valence-corrected chi connectivity index (χ3v) is 3.05. The van der Waals surface area contributed by atoms with E-state index < -0.39 is 5.97 Å². The first-order chi connectivity index (χ1) is 10.5. The highest BCUT2D eigenvalue weighted by molar-refractivity contribution is 5.81. The van der Waals surface area contributed by atoms with Gasteiger partial charge in [-0.2, -0.15) is 0 Å². The molecule has 1 N–H and O–H groups in total. The van der Waals surface area contributed by atoms with Crippen LogP contribution >= 0.6 is 0 Å². The van der Waals surface area contributed by atoms with Gasteiger partial charge in [0, 0.05) is 6.04 Å². The fourth-order valence-electron chi connectivity index (χ4n) is 1.64. The van der Waals surface area contributed by atoms with Gasteiger partial charge >= 0.3 is 5.97 Å². The molecule has 0 aliphatic rings. The Morgan fingerprint density at radius 2 is 1.95 bits per heavy atom. The second kappa shape index (κ2) is 8.92. The first-order valence-electron chi connectivity index (χ1n) is 7.18. The van der Waals surface area contributed by atoms with Crippen molar-refractivity contribution < 1.29 is 23.8 Å². The topological polar surface area (TPSA) is 73.9 Å². The third kappa shape index (κ3) is 6.03. The number of hydrogen-bond donors (Lipinski definition) is 1. The molecule has 122 valence electrons. The maximum absolute atomic E-state index is 11.6. The van der Waals surface area contributed by atoms with Crippen LogP contribution in [0.5, 0.6) is 11.5 Å². The molecule has 1 amide bonds. The first kappa shape index (κ1) is 17.8. The van der Waals surface area contributed by atoms with Gasteiger partial charge in [-0.05, 0) is 38.0 Å². The number of nitrogens with one attached hydrogen (secondary N) is 1. The lowest BCUT2D eigenvalue weighted by molar-refractivity contribution is -0.150. The van der Waals surface area contributed by atoms with Crippen LogP contribution in [0.25, 0.3) is 0 Å². The molecule has 0 aliphatic carbocycles. The van der Waals surface area contributed by atoms with E-state index in [9.17, 15) is 9.59 Å². The number of aryl methyl sites for hydroxylation is 1. The van der Waals surface area contributed by atoms with E-state index in [2.05, 4.69) is 5.32 Å². The van der Waals surface area contributed by atoms with Gasteiger partial charge in [0.15, 0.2) is 24.7 Å². The number of rotatable bonds is 8. The van der Waals surface area contributed by atoms with E-state index in [1.54, 1.807) is 12.1 Å². The summed E-state index contributed by atoms with van der Waals surface area (Å²) in [7, 11) is 1.53. The van der Waals surface area contributed by atoms with Crippen molar-refractivity contribution in [1.29, 1.82) is 0 Å². The second-order valence-electron chi connectivity index (χ2n) is 4.98. The molecule has 1 rings (SSSR count). The molecule has 6 nitrogen and oxygen atoms in total. The molecule has 0 unspecified atom stereocenters. The summed E-state index contributed by atoms with van der Waals surface area (Å²) in [4.78, 5) is 23.1. The zero-order valence-electron chi connectivity index (χ0n) is 13.5. The van der Waals surface area contributed by atoms with Crippen LogP contribution in [0, 0.1) is 6.92 Å². The molecule has 0 saturated heterocycles. The highest BCUT2D eigenvalue weighted by Gasteiger charge is 2.11. The number of esters is 1. The molecule has 0 bridgehead atoms. The van der Waals surface area contributed by atoms with Gasteiger partial charge in [0.05, 0.1) is 7.11 Å². The first-order valence-corrected chi connectivity index (χ1v) is 7.18. The molecule has 0 spiro atoms. The smallest absolute Gasteiger partial charge is 0.344 e. The monoisotopic (exact) mass is 309 g/mol. The van der Waals surface area contributed by atoms with Gasteiger partial charge < -0.3 is 19.5 Å². The molecule has 0 aromatic heterocycles. The Bertz CT molecular complexity index is 515. The van der Waals surface area contributed by atoms with Crippen LogP contribution in [-0.2, 0) is 14.3 Å². The Kier molecular flexibility index (Phi) is 7.22. The normalized spacial score (nSPS) is 11.5. The summed E-state index contributed by atoms with van der Waals surface area (Å²) in [5.74, 6) is 0.0639. The minimum absolute atomic E-state index is 0.0549. The summed E-state index contributed by atoms with van der Waals surface area (Å²) in [6.07, 6.45) is 0.815. The van der Waals surface area contributed by atoms with Crippen molar-refractivity contribution >= 4 is 11.9 Å². The molecule has 0 heterocycles. The number of hydrogen-bond acceptors (Lipinski definition) is 5. The summed E-state index contributed by atoms with van der Waals surface area (Å²) in [5.41, 5.74) is 1.02. The summed E-state index contributed by atoms with van der Waals surface area (Å²) in [6.45, 7) is 5.18. The van der Waals surface area contributed by atoms with Crippen LogP contribution < -0.4 is 14.8 Å². The fraction of sp³-hybridized carbons (Fsp3) is 0.500. The summed E-state index contributed by atoms with van der Waals surface area (Å²) in [5, 5.41) is 2.71. The number of carbonyl (C=O) groups excluding carboxylic acids is 2. The largest absolute Gasteiger partial charge is 0.493 e. The molecule has 1 atom stereocenters. The Morgan fingerprint density at radius 1 is 1.23 bits per heavy atom. The van der Waals surface area contributed by atoms with Crippen LogP contribution in [0.1, 0.15) is 25.8 Å². The standard InChI is InChI=1S/C16H23NO5/c1-5-12(3)17-15(18)9-22-16(19)10-21-13-7-6-11(2)8-14(13)20-4/h6-8,12H,5,9-10H2,1-4H3,(H,17,18)/t12-/m0/s1. The van der Waals surface area contributed by atoms with Crippen molar-refractivity contribution in [3.8, 4) is 11.5 Å². The Labute approximate surface area is 130 Å². The molecule has 22 heavy (non-hydrogen) atoms. The fourth-order valence-corrected chi connectivity index (χ4v) is 1.64. The third-order valence-electron chi connectivity index (χ3n) is 3.05. The number of methoxy groups -OCH3 is 1. The van der Waals surface area contributed by atoms with Crippen LogP contribution in [0.3, 0.4) is 0 Å². The van der Waals surface area contributed by atoms with Crippen LogP contribution in [0.4, 0.5) is 0 Å². The molecule has 1 aromatic rings. The number of amides is 1. The molecule has 0 radical (unpaired) electrons. The molecular weight excluding hydrogens is 286 g/mol. The molecule has 0 aliphatic heterocycles. The lowest BCUT2D eigenvalue weighted by atomic mass is 10.2. The highest BCUT2D eigenvalue weighted by Crippen LogP contribution is 2.27. The second-order valence-corrected chi connectivity index (χ2v) is 4.98. The van der Waals surface area contributed by atoms with Crippen molar-refractivity contribution in [1.82, 2.24) is 5.32 Å². The van der Waals surface area contributed by atoms with Gasteiger partial charge in [-0.3, -0.25) is 4.79 Å². The van der Waals surface area contributed by atoms with E-state index in [1.807, 2.05) is 26.8 Å². The van der Waals surface area contributed by atoms with Crippen LogP contribution in [-0.4, -0.2) is 38.2 Å².